The second-order valence-corrected chi connectivity index (χ2v) is 8.22. The summed E-state index contributed by atoms with van der Waals surface area (Å²) in [5.41, 5.74) is 3.55. The molecular formula is C23H25BrN2O3S. The molecule has 1 aliphatic heterocycles. The number of ether oxygens (including phenoxy) is 2. The Hall–Kier alpha value is -2.38. The first-order valence-electron chi connectivity index (χ1n) is 9.92. The van der Waals surface area contributed by atoms with Crippen molar-refractivity contribution in [3.8, 4) is 11.5 Å². The number of nitrogens with zero attached hydrogens (tertiary/aromatic N) is 1. The van der Waals surface area contributed by atoms with E-state index in [1.54, 1.807) is 11.0 Å². The van der Waals surface area contributed by atoms with Crippen molar-refractivity contribution >= 4 is 45.2 Å². The maximum absolute atomic E-state index is 12.6. The monoisotopic (exact) mass is 488 g/mol. The van der Waals surface area contributed by atoms with E-state index in [4.69, 9.17) is 21.7 Å². The van der Waals surface area contributed by atoms with Crippen LogP contribution in [0, 0.1) is 6.92 Å². The van der Waals surface area contributed by atoms with Crippen LogP contribution in [0.25, 0.3) is 6.08 Å². The summed E-state index contributed by atoms with van der Waals surface area (Å²) in [4.78, 5) is 14.2. The first-order valence-corrected chi connectivity index (χ1v) is 11.1. The van der Waals surface area contributed by atoms with Crippen molar-refractivity contribution in [2.75, 3.05) is 13.2 Å². The molecule has 5 nitrogen and oxygen atoms in total. The van der Waals surface area contributed by atoms with Crippen molar-refractivity contribution in [1.29, 1.82) is 0 Å². The lowest BCUT2D eigenvalue weighted by Gasteiger charge is -2.15. The molecule has 1 fully saturated rings. The van der Waals surface area contributed by atoms with Crippen molar-refractivity contribution in [2.24, 2.45) is 0 Å². The van der Waals surface area contributed by atoms with Crippen LogP contribution in [-0.4, -0.2) is 29.1 Å². The molecule has 0 aromatic heterocycles. The molecule has 2 aromatic rings. The Morgan fingerprint density at radius 3 is 2.57 bits per heavy atom. The second kappa shape index (κ2) is 10.1. The highest BCUT2D eigenvalue weighted by atomic mass is 79.9. The fourth-order valence-electron chi connectivity index (χ4n) is 3.08. The van der Waals surface area contributed by atoms with E-state index in [-0.39, 0.29) is 5.91 Å². The molecule has 0 spiro atoms. The third kappa shape index (κ3) is 5.21. The SMILES string of the molecule is CCCN1C(=O)/C(=C/c2cc(Br)c(OCc3ccc(C)cc3)c(OCC)c2)NC1=S. The van der Waals surface area contributed by atoms with Gasteiger partial charge in [0.05, 0.1) is 11.1 Å². The largest absolute Gasteiger partial charge is 0.490 e. The van der Waals surface area contributed by atoms with Gasteiger partial charge >= 0.3 is 0 Å². The number of benzene rings is 2. The number of halogens is 1. The molecule has 2 aromatic carbocycles. The molecule has 158 valence electrons. The molecule has 0 unspecified atom stereocenters. The Balaban J connectivity index is 1.85. The van der Waals surface area contributed by atoms with Crippen LogP contribution in [0.15, 0.2) is 46.6 Å². The Labute approximate surface area is 191 Å². The first kappa shape index (κ1) is 22.3. The van der Waals surface area contributed by atoms with E-state index >= 15 is 0 Å². The third-order valence-corrected chi connectivity index (χ3v) is 5.47. The van der Waals surface area contributed by atoms with Gasteiger partial charge in [-0.05, 0) is 77.8 Å². The van der Waals surface area contributed by atoms with Crippen LogP contribution >= 0.6 is 28.1 Å². The van der Waals surface area contributed by atoms with Crippen molar-refractivity contribution in [2.45, 2.75) is 33.8 Å². The number of nitrogens with one attached hydrogen (secondary N) is 1. The van der Waals surface area contributed by atoms with Crippen LogP contribution in [0.5, 0.6) is 11.5 Å². The second-order valence-electron chi connectivity index (χ2n) is 6.98. The quantitative estimate of drug-likeness (QED) is 0.408. The molecule has 1 amide bonds. The van der Waals surface area contributed by atoms with Crippen molar-refractivity contribution in [1.82, 2.24) is 10.2 Å². The molecule has 0 radical (unpaired) electrons. The van der Waals surface area contributed by atoms with Crippen LogP contribution in [-0.2, 0) is 11.4 Å². The predicted octanol–water partition coefficient (Wildman–Crippen LogP) is 5.20. The fourth-order valence-corrected chi connectivity index (χ4v) is 3.94. The van der Waals surface area contributed by atoms with E-state index in [1.807, 2.05) is 38.1 Å². The molecule has 7 heteroatoms. The number of amides is 1. The molecular weight excluding hydrogens is 464 g/mol. The van der Waals surface area contributed by atoms with Gasteiger partial charge in [0, 0.05) is 6.54 Å². The van der Waals surface area contributed by atoms with E-state index in [1.165, 1.54) is 5.56 Å². The fraction of sp³-hybridized carbons (Fsp3) is 0.304. The van der Waals surface area contributed by atoms with Crippen LogP contribution in [0.1, 0.15) is 37.0 Å². The van der Waals surface area contributed by atoms with Crippen LogP contribution in [0.2, 0.25) is 0 Å². The summed E-state index contributed by atoms with van der Waals surface area (Å²) in [6.07, 6.45) is 2.62. The molecule has 1 N–H and O–H groups in total. The van der Waals surface area contributed by atoms with Gasteiger partial charge in [-0.3, -0.25) is 9.69 Å². The summed E-state index contributed by atoms with van der Waals surface area (Å²) >= 11 is 8.87. The van der Waals surface area contributed by atoms with Gasteiger partial charge in [-0.2, -0.15) is 0 Å². The standard InChI is InChI=1S/C23H25BrN2O3S/c1-4-10-26-22(27)19(25-23(26)30)12-17-11-18(24)21(20(13-17)28-5-2)29-14-16-8-6-15(3)7-9-16/h6-9,11-13H,4-5,10,14H2,1-3H3,(H,25,30)/b19-12-. The van der Waals surface area contributed by atoms with E-state index in [0.29, 0.717) is 42.1 Å². The molecule has 0 aliphatic carbocycles. The lowest BCUT2D eigenvalue weighted by molar-refractivity contribution is -0.122. The van der Waals surface area contributed by atoms with Crippen LogP contribution in [0.3, 0.4) is 0 Å². The first-order chi connectivity index (χ1) is 14.4. The molecule has 1 saturated heterocycles. The molecule has 0 saturated carbocycles. The Morgan fingerprint density at radius 2 is 1.90 bits per heavy atom. The summed E-state index contributed by atoms with van der Waals surface area (Å²) in [5.74, 6) is 1.13. The number of thiocarbonyl (C=S) groups is 1. The third-order valence-electron chi connectivity index (χ3n) is 4.56. The minimum Gasteiger partial charge on any atom is -0.490 e. The summed E-state index contributed by atoms with van der Waals surface area (Å²) in [6, 6.07) is 12.0. The maximum Gasteiger partial charge on any atom is 0.276 e. The zero-order valence-corrected chi connectivity index (χ0v) is 19.7. The summed E-state index contributed by atoms with van der Waals surface area (Å²) in [5, 5.41) is 3.45. The Morgan fingerprint density at radius 1 is 1.17 bits per heavy atom. The molecule has 3 rings (SSSR count). The number of hydrogen-bond donors (Lipinski definition) is 1. The number of hydrogen-bond acceptors (Lipinski definition) is 4. The number of aryl methyl sites for hydroxylation is 1. The molecule has 1 heterocycles. The van der Waals surface area contributed by atoms with Gasteiger partial charge in [0.15, 0.2) is 16.6 Å². The van der Waals surface area contributed by atoms with E-state index in [9.17, 15) is 4.79 Å². The Bertz CT molecular complexity index is 973. The zero-order valence-electron chi connectivity index (χ0n) is 17.3. The van der Waals surface area contributed by atoms with Crippen molar-refractivity contribution in [3.05, 3.63) is 63.3 Å². The summed E-state index contributed by atoms with van der Waals surface area (Å²) < 4.78 is 12.6. The van der Waals surface area contributed by atoms with E-state index in [2.05, 4.69) is 40.3 Å². The highest BCUT2D eigenvalue weighted by molar-refractivity contribution is 9.10. The highest BCUT2D eigenvalue weighted by Crippen LogP contribution is 2.38. The number of carbonyl (C=O) groups is 1. The smallest absolute Gasteiger partial charge is 0.276 e. The average molecular weight is 489 g/mol. The van der Waals surface area contributed by atoms with Gasteiger partial charge in [0.1, 0.15) is 12.3 Å². The zero-order chi connectivity index (χ0) is 21.7. The van der Waals surface area contributed by atoms with Crippen LogP contribution < -0.4 is 14.8 Å². The molecule has 0 bridgehead atoms. The van der Waals surface area contributed by atoms with Crippen molar-refractivity contribution in [3.63, 3.8) is 0 Å². The van der Waals surface area contributed by atoms with Gasteiger partial charge in [-0.1, -0.05) is 36.8 Å². The number of rotatable bonds is 8. The lowest BCUT2D eigenvalue weighted by atomic mass is 10.1. The van der Waals surface area contributed by atoms with Gasteiger partial charge in [-0.15, -0.1) is 0 Å². The summed E-state index contributed by atoms with van der Waals surface area (Å²) in [7, 11) is 0. The minimum absolute atomic E-state index is 0.115. The number of carbonyl (C=O) groups excluding carboxylic acids is 1. The van der Waals surface area contributed by atoms with Gasteiger partial charge in [0.2, 0.25) is 0 Å². The lowest BCUT2D eigenvalue weighted by Crippen LogP contribution is -2.31. The van der Waals surface area contributed by atoms with Crippen LogP contribution in [0.4, 0.5) is 0 Å². The van der Waals surface area contributed by atoms with Gasteiger partial charge in [-0.25, -0.2) is 0 Å². The predicted molar refractivity (Wildman–Crippen MR) is 127 cm³/mol. The van der Waals surface area contributed by atoms with Crippen molar-refractivity contribution < 1.29 is 14.3 Å². The van der Waals surface area contributed by atoms with Gasteiger partial charge in [0.25, 0.3) is 5.91 Å². The minimum atomic E-state index is -0.115. The normalized spacial score (nSPS) is 14.9. The van der Waals surface area contributed by atoms with E-state index in [0.717, 1.165) is 22.0 Å². The topological polar surface area (TPSA) is 50.8 Å². The highest BCUT2D eigenvalue weighted by Gasteiger charge is 2.29. The molecule has 30 heavy (non-hydrogen) atoms. The Kier molecular flexibility index (Phi) is 7.50. The average Bonchev–Trinajstić information content (AvgIpc) is 2.97. The van der Waals surface area contributed by atoms with E-state index < -0.39 is 0 Å². The summed E-state index contributed by atoms with van der Waals surface area (Å²) in [6.45, 7) is 7.52. The van der Waals surface area contributed by atoms with Gasteiger partial charge < -0.3 is 14.8 Å². The maximum atomic E-state index is 12.6. The molecule has 0 atom stereocenters. The molecule has 1 aliphatic rings.